The second-order valence-corrected chi connectivity index (χ2v) is 6.81. The van der Waals surface area contributed by atoms with Crippen LogP contribution in [0, 0.1) is 5.41 Å². The maximum Gasteiger partial charge on any atom is 0.0178 e. The highest BCUT2D eigenvalue weighted by Crippen LogP contribution is 2.39. The first-order chi connectivity index (χ1) is 8.64. The molecule has 0 spiro atoms. The van der Waals surface area contributed by atoms with Crippen LogP contribution in [0.3, 0.4) is 0 Å². The van der Waals surface area contributed by atoms with E-state index in [2.05, 4.69) is 59.5 Å². The summed E-state index contributed by atoms with van der Waals surface area (Å²) >= 11 is 3.56. The highest BCUT2D eigenvalue weighted by Gasteiger charge is 2.34. The van der Waals surface area contributed by atoms with Crippen molar-refractivity contribution in [3.8, 4) is 0 Å². The van der Waals surface area contributed by atoms with E-state index >= 15 is 0 Å². The van der Waals surface area contributed by atoms with Gasteiger partial charge in [0.15, 0.2) is 0 Å². The monoisotopic (exact) mass is 309 g/mol. The van der Waals surface area contributed by atoms with Crippen LogP contribution in [0.15, 0.2) is 28.7 Å². The zero-order valence-electron chi connectivity index (χ0n) is 11.5. The van der Waals surface area contributed by atoms with Gasteiger partial charge in [0, 0.05) is 10.5 Å². The normalized spacial score (nSPS) is 20.6. The van der Waals surface area contributed by atoms with E-state index < -0.39 is 0 Å². The molecule has 1 nitrogen and oxygen atoms in total. The molecule has 0 amide bonds. The first-order valence-corrected chi connectivity index (χ1v) is 7.85. The average Bonchev–Trinajstić information content (AvgIpc) is 2.37. The Hall–Kier alpha value is -0.340. The molecule has 1 saturated carbocycles. The SMILES string of the molecule is CNC(Cc1cccc(Br)c1)C1(C)CCCCC1. The van der Waals surface area contributed by atoms with Crippen LogP contribution in [0.1, 0.15) is 44.6 Å². The molecule has 0 aromatic heterocycles. The molecule has 0 bridgehead atoms. The lowest BCUT2D eigenvalue weighted by molar-refractivity contribution is 0.149. The fraction of sp³-hybridized carbons (Fsp3) is 0.625. The van der Waals surface area contributed by atoms with E-state index in [9.17, 15) is 0 Å². The molecule has 18 heavy (non-hydrogen) atoms. The molecule has 100 valence electrons. The van der Waals surface area contributed by atoms with Crippen molar-refractivity contribution in [1.29, 1.82) is 0 Å². The number of nitrogens with one attached hydrogen (secondary N) is 1. The molecule has 0 saturated heterocycles. The van der Waals surface area contributed by atoms with Crippen LogP contribution in [-0.4, -0.2) is 13.1 Å². The zero-order valence-corrected chi connectivity index (χ0v) is 13.1. The Morgan fingerprint density at radius 1 is 1.28 bits per heavy atom. The fourth-order valence-electron chi connectivity index (χ4n) is 3.30. The van der Waals surface area contributed by atoms with Crippen LogP contribution in [0.4, 0.5) is 0 Å². The Morgan fingerprint density at radius 2 is 2.00 bits per heavy atom. The summed E-state index contributed by atoms with van der Waals surface area (Å²) in [5.74, 6) is 0. The minimum Gasteiger partial charge on any atom is -0.316 e. The molecular formula is C16H24BrN. The van der Waals surface area contributed by atoms with Crippen LogP contribution in [0.2, 0.25) is 0 Å². The topological polar surface area (TPSA) is 12.0 Å². The van der Waals surface area contributed by atoms with E-state index in [0.29, 0.717) is 11.5 Å². The average molecular weight is 310 g/mol. The summed E-state index contributed by atoms with van der Waals surface area (Å²) in [6.07, 6.45) is 8.08. The number of likely N-dealkylation sites (N-methyl/N-ethyl adjacent to an activating group) is 1. The molecule has 2 heteroatoms. The maximum absolute atomic E-state index is 3.56. The molecule has 1 fully saturated rings. The maximum atomic E-state index is 3.56. The summed E-state index contributed by atoms with van der Waals surface area (Å²) in [5, 5.41) is 3.56. The second-order valence-electron chi connectivity index (χ2n) is 5.89. The van der Waals surface area contributed by atoms with Gasteiger partial charge in [-0.05, 0) is 49.4 Å². The molecule has 1 N–H and O–H groups in total. The smallest absolute Gasteiger partial charge is 0.0178 e. The Labute approximate surface area is 119 Å². The van der Waals surface area contributed by atoms with E-state index in [0.717, 1.165) is 6.42 Å². The molecule has 0 radical (unpaired) electrons. The van der Waals surface area contributed by atoms with Crippen LogP contribution in [-0.2, 0) is 6.42 Å². The lowest BCUT2D eigenvalue weighted by Crippen LogP contribution is -2.44. The molecular weight excluding hydrogens is 286 g/mol. The van der Waals surface area contributed by atoms with E-state index in [-0.39, 0.29) is 0 Å². The Morgan fingerprint density at radius 3 is 2.61 bits per heavy atom. The van der Waals surface area contributed by atoms with Crippen LogP contribution >= 0.6 is 15.9 Å². The number of benzene rings is 1. The van der Waals surface area contributed by atoms with Gasteiger partial charge in [0.25, 0.3) is 0 Å². The minimum absolute atomic E-state index is 0.468. The van der Waals surface area contributed by atoms with E-state index in [1.54, 1.807) is 0 Å². The van der Waals surface area contributed by atoms with Gasteiger partial charge in [0.05, 0.1) is 0 Å². The summed E-state index contributed by atoms with van der Waals surface area (Å²) in [6.45, 7) is 2.46. The molecule has 0 heterocycles. The lowest BCUT2D eigenvalue weighted by Gasteiger charge is -2.41. The third kappa shape index (κ3) is 3.36. The Balaban J connectivity index is 2.09. The number of hydrogen-bond donors (Lipinski definition) is 1. The minimum atomic E-state index is 0.468. The van der Waals surface area contributed by atoms with Gasteiger partial charge in [-0.15, -0.1) is 0 Å². The lowest BCUT2D eigenvalue weighted by atomic mass is 9.69. The predicted octanol–water partition coefficient (Wildman–Crippen LogP) is 4.55. The second kappa shape index (κ2) is 6.21. The Bertz CT molecular complexity index is 382. The number of halogens is 1. The van der Waals surface area contributed by atoms with E-state index in [1.807, 2.05) is 0 Å². The highest BCUT2D eigenvalue weighted by atomic mass is 79.9. The molecule has 0 aliphatic heterocycles. The van der Waals surface area contributed by atoms with Crippen LogP contribution in [0.25, 0.3) is 0 Å². The van der Waals surface area contributed by atoms with Gasteiger partial charge in [-0.1, -0.05) is 54.2 Å². The van der Waals surface area contributed by atoms with Gasteiger partial charge in [0.2, 0.25) is 0 Å². The predicted molar refractivity (Wildman–Crippen MR) is 81.9 cm³/mol. The van der Waals surface area contributed by atoms with Gasteiger partial charge in [-0.25, -0.2) is 0 Å². The van der Waals surface area contributed by atoms with E-state index in [1.165, 1.54) is 42.1 Å². The van der Waals surface area contributed by atoms with Crippen molar-refractivity contribution in [1.82, 2.24) is 5.32 Å². The van der Waals surface area contributed by atoms with Crippen LogP contribution in [0.5, 0.6) is 0 Å². The summed E-state index contributed by atoms with van der Waals surface area (Å²) < 4.78 is 1.18. The van der Waals surface area contributed by atoms with Crippen molar-refractivity contribution in [2.75, 3.05) is 7.05 Å². The molecule has 1 aliphatic rings. The number of rotatable bonds is 4. The van der Waals surface area contributed by atoms with E-state index in [4.69, 9.17) is 0 Å². The summed E-state index contributed by atoms with van der Waals surface area (Å²) in [6, 6.07) is 9.31. The summed E-state index contributed by atoms with van der Waals surface area (Å²) in [4.78, 5) is 0. The Kier molecular flexibility index (Phi) is 4.85. The van der Waals surface area contributed by atoms with Gasteiger partial charge in [0.1, 0.15) is 0 Å². The van der Waals surface area contributed by atoms with Crippen molar-refractivity contribution < 1.29 is 0 Å². The first-order valence-electron chi connectivity index (χ1n) is 7.06. The summed E-state index contributed by atoms with van der Waals surface area (Å²) in [5.41, 5.74) is 1.89. The highest BCUT2D eigenvalue weighted by molar-refractivity contribution is 9.10. The third-order valence-corrected chi connectivity index (χ3v) is 5.01. The van der Waals surface area contributed by atoms with Gasteiger partial charge in [-0.3, -0.25) is 0 Å². The first kappa shape index (κ1) is 14.1. The quantitative estimate of drug-likeness (QED) is 0.860. The fourth-order valence-corrected chi connectivity index (χ4v) is 3.75. The van der Waals surface area contributed by atoms with Crippen molar-refractivity contribution >= 4 is 15.9 Å². The standard InChI is InChI=1S/C16H24BrN/c1-16(9-4-3-5-10-16)15(18-2)12-13-7-6-8-14(17)11-13/h6-8,11,15,18H,3-5,9-10,12H2,1-2H3. The molecule has 1 atom stereocenters. The zero-order chi connectivity index (χ0) is 13.0. The largest absolute Gasteiger partial charge is 0.316 e. The molecule has 1 aliphatic carbocycles. The molecule has 1 unspecified atom stereocenters. The number of hydrogen-bond acceptors (Lipinski definition) is 1. The molecule has 1 aromatic carbocycles. The van der Waals surface area contributed by atoms with Crippen LogP contribution < -0.4 is 5.32 Å². The van der Waals surface area contributed by atoms with Crippen molar-refractivity contribution in [2.45, 2.75) is 51.5 Å². The third-order valence-electron chi connectivity index (χ3n) is 4.51. The van der Waals surface area contributed by atoms with Crippen molar-refractivity contribution in [3.63, 3.8) is 0 Å². The van der Waals surface area contributed by atoms with Gasteiger partial charge >= 0.3 is 0 Å². The summed E-state index contributed by atoms with van der Waals surface area (Å²) in [7, 11) is 2.11. The van der Waals surface area contributed by atoms with Gasteiger partial charge in [-0.2, -0.15) is 0 Å². The van der Waals surface area contributed by atoms with Crippen molar-refractivity contribution in [2.24, 2.45) is 5.41 Å². The van der Waals surface area contributed by atoms with Crippen molar-refractivity contribution in [3.05, 3.63) is 34.3 Å². The molecule has 2 rings (SSSR count). The van der Waals surface area contributed by atoms with Gasteiger partial charge < -0.3 is 5.32 Å². The molecule has 1 aromatic rings.